The number of carbonyl (C=O) groups is 1. The maximum Gasteiger partial charge on any atom is 0.345 e. The van der Waals surface area contributed by atoms with E-state index >= 15 is 0 Å². The second kappa shape index (κ2) is 10.8. The molecule has 7 nitrogen and oxygen atoms in total. The van der Waals surface area contributed by atoms with Crippen LogP contribution in [0.15, 0.2) is 34.7 Å². The summed E-state index contributed by atoms with van der Waals surface area (Å²) < 4.78 is 5.66. The summed E-state index contributed by atoms with van der Waals surface area (Å²) in [5.74, 6) is 1.14. The number of fused-ring (bicyclic) bond motifs is 2. The fourth-order valence-corrected chi connectivity index (χ4v) is 3.32. The van der Waals surface area contributed by atoms with Crippen LogP contribution in [0, 0.1) is 0 Å². The highest BCUT2D eigenvalue weighted by Gasteiger charge is 2.47. The van der Waals surface area contributed by atoms with Gasteiger partial charge >= 0.3 is 6.03 Å². The lowest BCUT2D eigenvalue weighted by Gasteiger charge is -2.27. The van der Waals surface area contributed by atoms with Gasteiger partial charge in [-0.2, -0.15) is 5.06 Å². The Bertz CT molecular complexity index is 719. The van der Waals surface area contributed by atoms with Crippen LogP contribution in [-0.2, 0) is 17.9 Å². The van der Waals surface area contributed by atoms with Gasteiger partial charge in [-0.05, 0) is 18.4 Å². The van der Waals surface area contributed by atoms with Gasteiger partial charge in [0.25, 0.3) is 0 Å². The van der Waals surface area contributed by atoms with Crippen molar-refractivity contribution in [2.24, 2.45) is 0 Å². The van der Waals surface area contributed by atoms with Crippen molar-refractivity contribution in [1.29, 1.82) is 0 Å². The van der Waals surface area contributed by atoms with Crippen molar-refractivity contribution < 1.29 is 14.0 Å². The number of piperidine rings is 1. The molecule has 2 bridgehead atoms. The third-order valence-electron chi connectivity index (χ3n) is 4.61. The van der Waals surface area contributed by atoms with E-state index in [1.165, 1.54) is 5.06 Å². The number of benzene rings is 1. The first-order chi connectivity index (χ1) is 13.8. The summed E-state index contributed by atoms with van der Waals surface area (Å²) in [7, 11) is 0. The van der Waals surface area contributed by atoms with Crippen LogP contribution >= 0.6 is 0 Å². The third kappa shape index (κ3) is 4.70. The van der Waals surface area contributed by atoms with Crippen LogP contribution in [-0.4, -0.2) is 38.8 Å². The Morgan fingerprint density at radius 3 is 2.46 bits per heavy atom. The first-order valence-electron chi connectivity index (χ1n) is 10.3. The smallest absolute Gasteiger partial charge is 0.345 e. The molecule has 4 rings (SSSR count). The number of nitrogens with zero attached hydrogens (tertiary/aromatic N) is 4. The second-order valence-corrected chi connectivity index (χ2v) is 6.15. The Kier molecular flexibility index (Phi) is 8.44. The highest BCUT2D eigenvalue weighted by molar-refractivity contribution is 5.77. The molecule has 2 atom stereocenters. The molecule has 2 saturated heterocycles. The van der Waals surface area contributed by atoms with Gasteiger partial charge in [0.2, 0.25) is 11.8 Å². The first kappa shape index (κ1) is 21.9. The fourth-order valence-electron chi connectivity index (χ4n) is 3.32. The normalized spacial score (nSPS) is 20.2. The Morgan fingerprint density at radius 2 is 1.82 bits per heavy atom. The zero-order chi connectivity index (χ0) is 20.5. The maximum atomic E-state index is 12.7. The zero-order valence-corrected chi connectivity index (χ0v) is 17.6. The number of amides is 2. The molecule has 28 heavy (non-hydrogen) atoms. The van der Waals surface area contributed by atoms with Gasteiger partial charge < -0.3 is 9.32 Å². The number of hydroxylamine groups is 2. The van der Waals surface area contributed by atoms with Gasteiger partial charge in [0.15, 0.2) is 0 Å². The Balaban J connectivity index is 0.000000660. The van der Waals surface area contributed by atoms with Gasteiger partial charge in [0.05, 0.1) is 6.04 Å². The van der Waals surface area contributed by atoms with Gasteiger partial charge in [-0.3, -0.25) is 4.84 Å². The number of rotatable bonds is 5. The summed E-state index contributed by atoms with van der Waals surface area (Å²) in [6, 6.07) is 9.68. The van der Waals surface area contributed by atoms with Gasteiger partial charge in [-0.15, -0.1) is 10.2 Å². The molecular formula is C21H32N4O3. The molecule has 2 aromatic rings. The lowest BCUT2D eigenvalue weighted by atomic mass is 10.0. The van der Waals surface area contributed by atoms with Crippen LogP contribution in [0.3, 0.4) is 0 Å². The van der Waals surface area contributed by atoms with Gasteiger partial charge in [0, 0.05) is 13.0 Å². The van der Waals surface area contributed by atoms with Crippen molar-refractivity contribution in [2.75, 3.05) is 6.54 Å². The summed E-state index contributed by atoms with van der Waals surface area (Å²) in [5, 5.41) is 9.64. The second-order valence-electron chi connectivity index (χ2n) is 6.15. The van der Waals surface area contributed by atoms with E-state index in [2.05, 4.69) is 10.2 Å². The van der Waals surface area contributed by atoms with E-state index in [0.29, 0.717) is 31.4 Å². The Hall–Kier alpha value is -2.41. The van der Waals surface area contributed by atoms with Crippen molar-refractivity contribution in [3.63, 3.8) is 0 Å². The molecule has 2 fully saturated rings. The summed E-state index contributed by atoms with van der Waals surface area (Å²) in [6.45, 7) is 11.0. The van der Waals surface area contributed by atoms with E-state index in [1.807, 2.05) is 65.0 Å². The van der Waals surface area contributed by atoms with Crippen molar-refractivity contribution in [3.05, 3.63) is 47.7 Å². The average Bonchev–Trinajstić information content (AvgIpc) is 3.34. The topological polar surface area (TPSA) is 71.7 Å². The van der Waals surface area contributed by atoms with Crippen LogP contribution < -0.4 is 0 Å². The molecule has 1 aromatic carbocycles. The minimum Gasteiger partial charge on any atom is -0.423 e. The van der Waals surface area contributed by atoms with Crippen LogP contribution in [0.25, 0.3) is 0 Å². The number of aromatic nitrogens is 2. The van der Waals surface area contributed by atoms with Crippen molar-refractivity contribution in [3.8, 4) is 0 Å². The predicted molar refractivity (Wildman–Crippen MR) is 107 cm³/mol. The molecule has 2 aliphatic rings. The molecule has 3 heterocycles. The van der Waals surface area contributed by atoms with E-state index < -0.39 is 0 Å². The first-order valence-corrected chi connectivity index (χ1v) is 10.3. The largest absolute Gasteiger partial charge is 0.423 e. The van der Waals surface area contributed by atoms with E-state index in [4.69, 9.17) is 9.25 Å². The molecule has 0 aliphatic carbocycles. The molecule has 154 valence electrons. The molecule has 0 saturated carbocycles. The fraction of sp³-hybridized carbons (Fsp3) is 0.571. The molecule has 2 aliphatic heterocycles. The van der Waals surface area contributed by atoms with Gasteiger partial charge in [0.1, 0.15) is 12.6 Å². The monoisotopic (exact) mass is 388 g/mol. The molecule has 0 radical (unpaired) electrons. The third-order valence-corrected chi connectivity index (χ3v) is 4.61. The lowest BCUT2D eigenvalue weighted by Crippen LogP contribution is -2.34. The SMILES string of the molecule is CC.CC.CCc1nnc([C@@H]2CC[C@@H]3CN2C(=O)N3OCc2ccccc2)o1. The molecule has 0 unspecified atom stereocenters. The number of urea groups is 1. The van der Waals surface area contributed by atoms with Crippen LogP contribution in [0.5, 0.6) is 0 Å². The van der Waals surface area contributed by atoms with E-state index in [1.54, 1.807) is 4.90 Å². The number of hydrogen-bond acceptors (Lipinski definition) is 5. The van der Waals surface area contributed by atoms with Crippen molar-refractivity contribution in [1.82, 2.24) is 20.2 Å². The van der Waals surface area contributed by atoms with E-state index in [9.17, 15) is 4.79 Å². The molecule has 0 N–H and O–H groups in total. The average molecular weight is 389 g/mol. The predicted octanol–water partition coefficient (Wildman–Crippen LogP) is 4.76. The summed E-state index contributed by atoms with van der Waals surface area (Å²) in [4.78, 5) is 20.3. The summed E-state index contributed by atoms with van der Waals surface area (Å²) >= 11 is 0. The van der Waals surface area contributed by atoms with Gasteiger partial charge in [-0.1, -0.05) is 65.0 Å². The van der Waals surface area contributed by atoms with E-state index in [0.717, 1.165) is 18.4 Å². The van der Waals surface area contributed by atoms with E-state index in [-0.39, 0.29) is 18.1 Å². The van der Waals surface area contributed by atoms with Crippen LogP contribution in [0.2, 0.25) is 0 Å². The molecule has 7 heteroatoms. The minimum absolute atomic E-state index is 0.0889. The molecule has 0 spiro atoms. The minimum atomic E-state index is -0.146. The number of carbonyl (C=O) groups excluding carboxylic acids is 1. The summed E-state index contributed by atoms with van der Waals surface area (Å²) in [5.41, 5.74) is 1.04. The maximum absolute atomic E-state index is 12.7. The number of hydrogen-bond donors (Lipinski definition) is 0. The standard InChI is InChI=1S/C17H20N4O3.2C2H6/c1-2-15-18-19-16(24-15)14-9-8-13-10-20(14)17(22)21(13)23-11-12-6-4-3-5-7-12;2*1-2/h3-7,13-14H,2,8-11H2,1H3;2*1-2H3/t13-,14+;;/m1../s1. The van der Waals surface area contributed by atoms with Crippen molar-refractivity contribution >= 4 is 6.03 Å². The molecule has 1 aromatic heterocycles. The Labute approximate surface area is 167 Å². The van der Waals surface area contributed by atoms with Crippen LogP contribution in [0.1, 0.15) is 70.8 Å². The van der Waals surface area contributed by atoms with Crippen LogP contribution in [0.4, 0.5) is 4.79 Å². The molecular weight excluding hydrogens is 356 g/mol. The van der Waals surface area contributed by atoms with Crippen molar-refractivity contribution in [2.45, 2.75) is 72.6 Å². The zero-order valence-electron chi connectivity index (χ0n) is 17.6. The van der Waals surface area contributed by atoms with Gasteiger partial charge in [-0.25, -0.2) is 4.79 Å². The molecule has 2 amide bonds. The highest BCUT2D eigenvalue weighted by atomic mass is 16.7. The Morgan fingerprint density at radius 1 is 1.11 bits per heavy atom. The highest BCUT2D eigenvalue weighted by Crippen LogP contribution is 2.38. The quantitative estimate of drug-likeness (QED) is 0.738. The summed E-state index contributed by atoms with van der Waals surface area (Å²) in [6.07, 6.45) is 2.38. The lowest BCUT2D eigenvalue weighted by molar-refractivity contribution is -0.140. The number of aryl methyl sites for hydroxylation is 1.